The molecule has 1 amide bonds. The lowest BCUT2D eigenvalue weighted by Crippen LogP contribution is -2.45. The number of carbonyl (C=O) groups excluding carboxylic acids is 1. The van der Waals surface area contributed by atoms with Crippen molar-refractivity contribution in [1.82, 2.24) is 19.8 Å². The van der Waals surface area contributed by atoms with Gasteiger partial charge in [0.25, 0.3) is 0 Å². The summed E-state index contributed by atoms with van der Waals surface area (Å²) >= 11 is 6.01. The lowest BCUT2D eigenvalue weighted by Gasteiger charge is -2.32. The first-order valence-corrected chi connectivity index (χ1v) is 12.3. The van der Waals surface area contributed by atoms with Crippen LogP contribution in [0.5, 0.6) is 11.5 Å². The van der Waals surface area contributed by atoms with Crippen molar-refractivity contribution in [2.45, 2.75) is 6.92 Å². The Kier molecular flexibility index (Phi) is 8.75. The van der Waals surface area contributed by atoms with E-state index in [2.05, 4.69) is 32.1 Å². The lowest BCUT2D eigenvalue weighted by atomic mass is 10.2. The van der Waals surface area contributed by atoms with E-state index in [4.69, 9.17) is 21.1 Å². The van der Waals surface area contributed by atoms with Gasteiger partial charge in [-0.2, -0.15) is 4.98 Å². The molecule has 9 nitrogen and oxygen atoms in total. The molecule has 0 radical (unpaired) electrons. The summed E-state index contributed by atoms with van der Waals surface area (Å²) in [4.78, 5) is 27.0. The van der Waals surface area contributed by atoms with Gasteiger partial charge in [-0.1, -0.05) is 17.7 Å². The SMILES string of the molecule is Cc1ccc(Cl)cc1OC(=O)N(C)c1ccnc(Nc2ccc(OCCN3CCN(C)CC3)c(F)c2)n1. The van der Waals surface area contributed by atoms with Crippen molar-refractivity contribution in [2.75, 3.05) is 63.6 Å². The number of piperazine rings is 1. The summed E-state index contributed by atoms with van der Waals surface area (Å²) in [7, 11) is 3.64. The number of nitrogens with zero attached hydrogens (tertiary/aromatic N) is 5. The molecule has 1 saturated heterocycles. The molecule has 11 heteroatoms. The first kappa shape index (κ1) is 26.6. The van der Waals surface area contributed by atoms with Crippen LogP contribution in [0, 0.1) is 12.7 Å². The molecule has 1 N–H and O–H groups in total. The minimum absolute atomic E-state index is 0.188. The third kappa shape index (κ3) is 7.28. The Labute approximate surface area is 220 Å². The second-order valence-electron chi connectivity index (χ2n) is 8.84. The summed E-state index contributed by atoms with van der Waals surface area (Å²) in [6.07, 6.45) is 0.852. The van der Waals surface area contributed by atoms with Crippen molar-refractivity contribution < 1.29 is 18.7 Å². The molecule has 1 aromatic heterocycles. The molecule has 0 aliphatic carbocycles. The van der Waals surface area contributed by atoms with Gasteiger partial charge in [0.1, 0.15) is 18.2 Å². The number of aromatic nitrogens is 2. The van der Waals surface area contributed by atoms with Gasteiger partial charge in [0.15, 0.2) is 11.6 Å². The fourth-order valence-corrected chi connectivity index (χ4v) is 3.88. The Bertz CT molecular complexity index is 1240. The standard InChI is InChI=1S/C26H30ClFN6O3/c1-18-4-5-19(27)16-23(18)37-26(35)33(3)24-8-9-29-25(31-24)30-20-6-7-22(21(28)17-20)36-15-14-34-12-10-32(2)11-13-34/h4-9,16-17H,10-15H2,1-3H3,(H,29,30,31). The van der Waals surface area contributed by atoms with Crippen LogP contribution in [0.25, 0.3) is 0 Å². The smallest absolute Gasteiger partial charge is 0.420 e. The summed E-state index contributed by atoms with van der Waals surface area (Å²) in [5.41, 5.74) is 1.21. The van der Waals surface area contributed by atoms with Crippen molar-refractivity contribution in [1.29, 1.82) is 0 Å². The summed E-state index contributed by atoms with van der Waals surface area (Å²) in [6, 6.07) is 11.2. The van der Waals surface area contributed by atoms with E-state index in [9.17, 15) is 9.18 Å². The molecule has 0 saturated carbocycles. The average Bonchev–Trinajstić information content (AvgIpc) is 2.88. The topological polar surface area (TPSA) is 83.1 Å². The quantitative estimate of drug-likeness (QED) is 0.455. The molecule has 2 heterocycles. The molecule has 196 valence electrons. The number of anilines is 3. The van der Waals surface area contributed by atoms with Gasteiger partial charge in [-0.25, -0.2) is 14.2 Å². The number of carbonyl (C=O) groups is 1. The van der Waals surface area contributed by atoms with Gasteiger partial charge in [0.2, 0.25) is 5.95 Å². The number of likely N-dealkylation sites (N-methyl/N-ethyl adjacent to an activating group) is 1. The van der Waals surface area contributed by atoms with Crippen molar-refractivity contribution >= 4 is 35.1 Å². The average molecular weight is 529 g/mol. The number of hydrogen-bond donors (Lipinski definition) is 1. The summed E-state index contributed by atoms with van der Waals surface area (Å²) in [5.74, 6) is 0.550. The molecule has 0 spiro atoms. The highest BCUT2D eigenvalue weighted by atomic mass is 35.5. The summed E-state index contributed by atoms with van der Waals surface area (Å²) < 4.78 is 25.8. The van der Waals surface area contributed by atoms with Crippen LogP contribution in [0.1, 0.15) is 5.56 Å². The third-order valence-corrected chi connectivity index (χ3v) is 6.29. The molecule has 37 heavy (non-hydrogen) atoms. The number of ether oxygens (including phenoxy) is 2. The molecular formula is C26H30ClFN6O3. The van der Waals surface area contributed by atoms with Crippen LogP contribution in [-0.4, -0.2) is 79.3 Å². The Balaban J connectivity index is 1.34. The molecule has 1 fully saturated rings. The first-order chi connectivity index (χ1) is 17.8. The van der Waals surface area contributed by atoms with Gasteiger partial charge in [0, 0.05) is 62.7 Å². The number of rotatable bonds is 8. The van der Waals surface area contributed by atoms with Crippen LogP contribution in [0.4, 0.5) is 26.6 Å². The predicted octanol–water partition coefficient (Wildman–Crippen LogP) is 4.58. The van der Waals surface area contributed by atoms with E-state index in [1.165, 1.54) is 24.2 Å². The maximum absolute atomic E-state index is 14.6. The highest BCUT2D eigenvalue weighted by Crippen LogP contribution is 2.25. The monoisotopic (exact) mass is 528 g/mol. The van der Waals surface area contributed by atoms with Gasteiger partial charge in [-0.15, -0.1) is 0 Å². The fourth-order valence-electron chi connectivity index (χ4n) is 3.72. The molecule has 1 aliphatic heterocycles. The third-order valence-electron chi connectivity index (χ3n) is 6.05. The zero-order valence-electron chi connectivity index (χ0n) is 21.1. The van der Waals surface area contributed by atoms with E-state index in [-0.39, 0.29) is 11.7 Å². The molecule has 0 unspecified atom stereocenters. The van der Waals surface area contributed by atoms with Crippen LogP contribution in [0.3, 0.4) is 0 Å². The van der Waals surface area contributed by atoms with E-state index in [0.29, 0.717) is 28.9 Å². The molecule has 0 atom stereocenters. The second-order valence-corrected chi connectivity index (χ2v) is 9.28. The molecule has 1 aliphatic rings. The van der Waals surface area contributed by atoms with Crippen LogP contribution >= 0.6 is 11.6 Å². The van der Waals surface area contributed by atoms with E-state index < -0.39 is 11.9 Å². The van der Waals surface area contributed by atoms with E-state index >= 15 is 0 Å². The molecular weight excluding hydrogens is 499 g/mol. The number of amides is 1. The van der Waals surface area contributed by atoms with Gasteiger partial charge >= 0.3 is 6.09 Å². The lowest BCUT2D eigenvalue weighted by molar-refractivity contribution is 0.132. The number of benzene rings is 2. The van der Waals surface area contributed by atoms with Crippen LogP contribution < -0.4 is 19.7 Å². The zero-order valence-corrected chi connectivity index (χ0v) is 21.8. The molecule has 4 rings (SSSR count). The molecule has 3 aromatic rings. The van der Waals surface area contributed by atoms with Crippen LogP contribution in [0.2, 0.25) is 5.02 Å². The Morgan fingerprint density at radius 2 is 1.92 bits per heavy atom. The highest BCUT2D eigenvalue weighted by Gasteiger charge is 2.17. The number of halogens is 2. The number of nitrogens with one attached hydrogen (secondary N) is 1. The van der Waals surface area contributed by atoms with Crippen LogP contribution in [0.15, 0.2) is 48.7 Å². The Morgan fingerprint density at radius 1 is 1.14 bits per heavy atom. The summed E-state index contributed by atoms with van der Waals surface area (Å²) in [5, 5.41) is 3.42. The molecule has 2 aromatic carbocycles. The van der Waals surface area contributed by atoms with Crippen molar-refractivity contribution in [3.8, 4) is 11.5 Å². The maximum Gasteiger partial charge on any atom is 0.420 e. The van der Waals surface area contributed by atoms with E-state index in [1.807, 2.05) is 6.92 Å². The fraction of sp³-hybridized carbons (Fsp3) is 0.346. The van der Waals surface area contributed by atoms with Crippen molar-refractivity contribution in [3.63, 3.8) is 0 Å². The van der Waals surface area contributed by atoms with Crippen molar-refractivity contribution in [3.05, 3.63) is 65.1 Å². The predicted molar refractivity (Wildman–Crippen MR) is 142 cm³/mol. The van der Waals surface area contributed by atoms with Gasteiger partial charge in [-0.05, 0) is 49.9 Å². The largest absolute Gasteiger partial charge is 0.489 e. The zero-order chi connectivity index (χ0) is 26.4. The summed E-state index contributed by atoms with van der Waals surface area (Å²) in [6.45, 7) is 6.99. The Morgan fingerprint density at radius 3 is 2.68 bits per heavy atom. The number of hydrogen-bond acceptors (Lipinski definition) is 8. The van der Waals surface area contributed by atoms with Gasteiger partial charge in [0.05, 0.1) is 0 Å². The minimum Gasteiger partial charge on any atom is -0.489 e. The second kappa shape index (κ2) is 12.2. The molecule has 0 bridgehead atoms. The van der Waals surface area contributed by atoms with Crippen LogP contribution in [-0.2, 0) is 0 Å². The minimum atomic E-state index is -0.640. The van der Waals surface area contributed by atoms with Crippen molar-refractivity contribution in [2.24, 2.45) is 0 Å². The van der Waals surface area contributed by atoms with Gasteiger partial charge in [-0.3, -0.25) is 9.80 Å². The maximum atomic E-state index is 14.6. The van der Waals surface area contributed by atoms with E-state index in [0.717, 1.165) is 38.3 Å². The normalized spacial score (nSPS) is 14.3. The Hall–Kier alpha value is -3.47. The van der Waals surface area contributed by atoms with Gasteiger partial charge < -0.3 is 19.7 Å². The highest BCUT2D eigenvalue weighted by molar-refractivity contribution is 6.30. The van der Waals surface area contributed by atoms with E-state index in [1.54, 1.807) is 36.4 Å². The first-order valence-electron chi connectivity index (χ1n) is 11.9. The number of aryl methyl sites for hydroxylation is 1.